The summed E-state index contributed by atoms with van der Waals surface area (Å²) >= 11 is 0. The normalized spacial score (nSPS) is 23.3. The van der Waals surface area contributed by atoms with Gasteiger partial charge >= 0.3 is 0 Å². The summed E-state index contributed by atoms with van der Waals surface area (Å²) in [5.74, 6) is 2.69. The van der Waals surface area contributed by atoms with Gasteiger partial charge in [0.1, 0.15) is 0 Å². The Morgan fingerprint density at radius 2 is 2.50 bits per heavy atom. The number of nitrogens with one attached hydrogen (secondary N) is 1. The summed E-state index contributed by atoms with van der Waals surface area (Å²) in [5.41, 5.74) is 0. The van der Waals surface area contributed by atoms with Crippen LogP contribution in [0.2, 0.25) is 0 Å². The zero-order chi connectivity index (χ0) is 10.2. The van der Waals surface area contributed by atoms with E-state index in [2.05, 4.69) is 18.2 Å². The molecule has 0 aliphatic carbocycles. The van der Waals surface area contributed by atoms with Crippen LogP contribution in [0.4, 0.5) is 0 Å². The van der Waals surface area contributed by atoms with E-state index in [1.165, 1.54) is 12.8 Å². The van der Waals surface area contributed by atoms with Gasteiger partial charge < -0.3 is 10.1 Å². The molecule has 1 saturated heterocycles. The van der Waals surface area contributed by atoms with E-state index in [9.17, 15) is 0 Å². The Labute approximate surface area is 87.4 Å². The Kier molecular flexibility index (Phi) is 5.66. The van der Waals surface area contributed by atoms with Crippen LogP contribution in [0, 0.1) is 12.3 Å². The molecule has 1 aliphatic heterocycles. The van der Waals surface area contributed by atoms with Crippen molar-refractivity contribution in [1.82, 2.24) is 5.32 Å². The van der Waals surface area contributed by atoms with E-state index in [4.69, 9.17) is 11.2 Å². The summed E-state index contributed by atoms with van der Waals surface area (Å²) in [6.07, 6.45) is 11.2. The second-order valence-electron chi connectivity index (χ2n) is 3.81. The fourth-order valence-corrected chi connectivity index (χ4v) is 2.03. The van der Waals surface area contributed by atoms with Crippen LogP contribution in [0.25, 0.3) is 0 Å². The number of rotatable bonds is 6. The van der Waals surface area contributed by atoms with Crippen LogP contribution >= 0.6 is 0 Å². The van der Waals surface area contributed by atoms with Crippen molar-refractivity contribution in [3.05, 3.63) is 0 Å². The van der Waals surface area contributed by atoms with Crippen LogP contribution in [-0.4, -0.2) is 25.3 Å². The molecule has 80 valence electrons. The van der Waals surface area contributed by atoms with Crippen LogP contribution in [-0.2, 0) is 4.74 Å². The Morgan fingerprint density at radius 3 is 3.07 bits per heavy atom. The van der Waals surface area contributed by atoms with Crippen LogP contribution < -0.4 is 5.32 Å². The highest BCUT2D eigenvalue weighted by atomic mass is 16.5. The minimum Gasteiger partial charge on any atom is -0.377 e. The number of unbranched alkanes of at least 4 members (excludes halogenated alkanes) is 1. The monoisotopic (exact) mass is 195 g/mol. The quantitative estimate of drug-likeness (QED) is 0.516. The zero-order valence-electron chi connectivity index (χ0n) is 9.09. The molecule has 0 aromatic heterocycles. The molecule has 1 fully saturated rings. The van der Waals surface area contributed by atoms with Crippen molar-refractivity contribution in [3.63, 3.8) is 0 Å². The molecule has 0 aromatic carbocycles. The first-order chi connectivity index (χ1) is 6.88. The Morgan fingerprint density at radius 1 is 1.64 bits per heavy atom. The van der Waals surface area contributed by atoms with Crippen molar-refractivity contribution in [1.29, 1.82) is 0 Å². The first kappa shape index (κ1) is 11.6. The van der Waals surface area contributed by atoms with Crippen molar-refractivity contribution in [2.24, 2.45) is 0 Å². The predicted molar refractivity (Wildman–Crippen MR) is 59.1 cm³/mol. The third-order valence-electron chi connectivity index (χ3n) is 2.72. The number of terminal acetylenes is 1. The molecule has 0 spiro atoms. The third kappa shape index (κ3) is 3.69. The van der Waals surface area contributed by atoms with Gasteiger partial charge in [0, 0.05) is 19.1 Å². The van der Waals surface area contributed by atoms with E-state index in [0.29, 0.717) is 12.1 Å². The average molecular weight is 195 g/mol. The molecule has 2 nitrogen and oxygen atoms in total. The summed E-state index contributed by atoms with van der Waals surface area (Å²) in [4.78, 5) is 0. The first-order valence-electron chi connectivity index (χ1n) is 5.67. The molecule has 2 atom stereocenters. The van der Waals surface area contributed by atoms with Gasteiger partial charge in [-0.25, -0.2) is 0 Å². The SMILES string of the molecule is C#CCCCC(NCC)C1CCCO1. The number of hydrogen-bond donors (Lipinski definition) is 1. The van der Waals surface area contributed by atoms with E-state index in [-0.39, 0.29) is 0 Å². The smallest absolute Gasteiger partial charge is 0.0728 e. The molecule has 1 aliphatic rings. The molecular weight excluding hydrogens is 174 g/mol. The Balaban J connectivity index is 2.26. The number of hydrogen-bond acceptors (Lipinski definition) is 2. The minimum absolute atomic E-state index is 0.424. The van der Waals surface area contributed by atoms with Crippen LogP contribution in [0.3, 0.4) is 0 Å². The minimum atomic E-state index is 0.424. The largest absolute Gasteiger partial charge is 0.377 e. The molecule has 0 amide bonds. The van der Waals surface area contributed by atoms with Crippen molar-refractivity contribution in [2.45, 2.75) is 51.2 Å². The Bertz CT molecular complexity index is 179. The lowest BCUT2D eigenvalue weighted by Gasteiger charge is -2.23. The highest BCUT2D eigenvalue weighted by Crippen LogP contribution is 2.18. The zero-order valence-corrected chi connectivity index (χ0v) is 9.09. The summed E-state index contributed by atoms with van der Waals surface area (Å²) in [6, 6.07) is 0.510. The van der Waals surface area contributed by atoms with Gasteiger partial charge in [-0.3, -0.25) is 0 Å². The lowest BCUT2D eigenvalue weighted by molar-refractivity contribution is 0.0756. The summed E-state index contributed by atoms with van der Waals surface area (Å²) in [5, 5.41) is 3.49. The first-order valence-corrected chi connectivity index (χ1v) is 5.67. The highest BCUT2D eigenvalue weighted by molar-refractivity contribution is 4.86. The maximum absolute atomic E-state index is 5.68. The summed E-state index contributed by atoms with van der Waals surface area (Å²) in [7, 11) is 0. The van der Waals surface area contributed by atoms with Crippen molar-refractivity contribution >= 4 is 0 Å². The van der Waals surface area contributed by atoms with E-state index < -0.39 is 0 Å². The molecule has 1 N–H and O–H groups in total. The maximum Gasteiger partial charge on any atom is 0.0728 e. The van der Waals surface area contributed by atoms with Gasteiger partial charge in [0.05, 0.1) is 6.10 Å². The molecular formula is C12H21NO. The average Bonchev–Trinajstić information content (AvgIpc) is 2.70. The fourth-order valence-electron chi connectivity index (χ4n) is 2.03. The van der Waals surface area contributed by atoms with Crippen LogP contribution in [0.5, 0.6) is 0 Å². The summed E-state index contributed by atoms with van der Waals surface area (Å²) < 4.78 is 5.68. The van der Waals surface area contributed by atoms with E-state index >= 15 is 0 Å². The highest BCUT2D eigenvalue weighted by Gasteiger charge is 2.24. The van der Waals surface area contributed by atoms with Crippen molar-refractivity contribution in [3.8, 4) is 12.3 Å². The molecule has 1 heterocycles. The predicted octanol–water partition coefficient (Wildman–Crippen LogP) is 1.95. The lowest BCUT2D eigenvalue weighted by atomic mass is 10.0. The van der Waals surface area contributed by atoms with Crippen molar-refractivity contribution in [2.75, 3.05) is 13.2 Å². The van der Waals surface area contributed by atoms with Gasteiger partial charge in [-0.1, -0.05) is 6.92 Å². The van der Waals surface area contributed by atoms with E-state index in [1.807, 2.05) is 0 Å². The van der Waals surface area contributed by atoms with Gasteiger partial charge in [0.15, 0.2) is 0 Å². The molecule has 0 saturated carbocycles. The van der Waals surface area contributed by atoms with Gasteiger partial charge in [-0.05, 0) is 32.2 Å². The Hall–Kier alpha value is -0.520. The molecule has 2 unspecified atom stereocenters. The lowest BCUT2D eigenvalue weighted by Crippen LogP contribution is -2.39. The van der Waals surface area contributed by atoms with Crippen LogP contribution in [0.1, 0.15) is 39.0 Å². The van der Waals surface area contributed by atoms with Gasteiger partial charge in [-0.15, -0.1) is 12.3 Å². The molecule has 1 rings (SSSR count). The van der Waals surface area contributed by atoms with Crippen LogP contribution in [0.15, 0.2) is 0 Å². The van der Waals surface area contributed by atoms with Gasteiger partial charge in [0.2, 0.25) is 0 Å². The molecule has 0 aromatic rings. The van der Waals surface area contributed by atoms with Gasteiger partial charge in [0.25, 0.3) is 0 Å². The number of ether oxygens (including phenoxy) is 1. The molecule has 0 bridgehead atoms. The standard InChI is InChI=1S/C12H21NO/c1-3-5-6-8-11(13-4-2)12-9-7-10-14-12/h1,11-13H,4-10H2,2H3. The topological polar surface area (TPSA) is 21.3 Å². The second kappa shape index (κ2) is 6.86. The second-order valence-corrected chi connectivity index (χ2v) is 3.81. The number of likely N-dealkylation sites (N-methyl/N-ethyl adjacent to an activating group) is 1. The fraction of sp³-hybridized carbons (Fsp3) is 0.833. The third-order valence-corrected chi connectivity index (χ3v) is 2.72. The van der Waals surface area contributed by atoms with Gasteiger partial charge in [-0.2, -0.15) is 0 Å². The van der Waals surface area contributed by atoms with Crippen molar-refractivity contribution < 1.29 is 4.74 Å². The molecule has 2 heteroatoms. The van der Waals surface area contributed by atoms with E-state index in [0.717, 1.165) is 32.4 Å². The van der Waals surface area contributed by atoms with E-state index in [1.54, 1.807) is 0 Å². The maximum atomic E-state index is 5.68. The summed E-state index contributed by atoms with van der Waals surface area (Å²) in [6.45, 7) is 4.09. The molecule has 14 heavy (non-hydrogen) atoms. The molecule has 0 radical (unpaired) electrons.